The molecule has 11 nitrogen and oxygen atoms in total. The number of aromatic nitrogens is 3. The molecule has 12 heteroatoms. The number of hydrogen-bond donors (Lipinski definition) is 2. The molecule has 2 fully saturated rings. The molecule has 2 amide bonds. The molecular weight excluding hydrogens is 575 g/mol. The zero-order valence-electron chi connectivity index (χ0n) is 27.2. The van der Waals surface area contributed by atoms with Gasteiger partial charge in [0.1, 0.15) is 5.82 Å². The van der Waals surface area contributed by atoms with Gasteiger partial charge in [-0.3, -0.25) is 19.4 Å². The Kier molecular flexibility index (Phi) is 10.2. The van der Waals surface area contributed by atoms with Crippen LogP contribution >= 0.6 is 0 Å². The number of anilines is 2. The van der Waals surface area contributed by atoms with Gasteiger partial charge in [-0.1, -0.05) is 5.21 Å². The molecule has 1 aromatic heterocycles. The Hall–Kier alpha value is -3.87. The van der Waals surface area contributed by atoms with E-state index < -0.39 is 0 Å². The number of piperazine rings is 1. The van der Waals surface area contributed by atoms with E-state index in [2.05, 4.69) is 56.5 Å². The molecule has 2 saturated heterocycles. The van der Waals surface area contributed by atoms with Gasteiger partial charge in [-0.2, -0.15) is 0 Å². The average Bonchev–Trinajstić information content (AvgIpc) is 3.52. The Labute approximate surface area is 264 Å². The summed E-state index contributed by atoms with van der Waals surface area (Å²) in [5, 5.41) is 14.5. The molecular formula is C33H45FN8O3. The molecule has 5 rings (SSSR count). The summed E-state index contributed by atoms with van der Waals surface area (Å²) in [6.07, 6.45) is 2.44. The molecule has 242 valence electrons. The average molecular weight is 621 g/mol. The number of rotatable bonds is 9. The van der Waals surface area contributed by atoms with Crippen molar-refractivity contribution < 1.29 is 18.7 Å². The number of morpholine rings is 1. The van der Waals surface area contributed by atoms with Crippen LogP contribution in [0.15, 0.2) is 30.5 Å². The Bertz CT molecular complexity index is 1500. The minimum atomic E-state index is -0.325. The van der Waals surface area contributed by atoms with Crippen molar-refractivity contribution in [2.45, 2.75) is 53.1 Å². The summed E-state index contributed by atoms with van der Waals surface area (Å²) in [7, 11) is 2.13. The minimum absolute atomic E-state index is 0.217. The third-order valence-corrected chi connectivity index (χ3v) is 9.07. The lowest BCUT2D eigenvalue weighted by molar-refractivity contribution is 0.0374. The molecule has 0 radical (unpaired) electrons. The predicted octanol–water partition coefficient (Wildman–Crippen LogP) is 3.56. The van der Waals surface area contributed by atoms with Crippen LogP contribution in [0.4, 0.5) is 15.8 Å². The highest BCUT2D eigenvalue weighted by molar-refractivity contribution is 6.07. The SMILES string of the molecule is Cc1cc(C(=O)Nc2c(N3C[C@@H](C)N(C)[C@@H](C)C3)ccc(-n3cc(C(=O)NCCCN4CCOCC4)nn3)c2C)cc(C)c1F. The van der Waals surface area contributed by atoms with Gasteiger partial charge in [-0.25, -0.2) is 9.07 Å². The van der Waals surface area contributed by atoms with Gasteiger partial charge < -0.3 is 20.3 Å². The van der Waals surface area contributed by atoms with Crippen molar-refractivity contribution in [3.05, 3.63) is 64.2 Å². The molecule has 45 heavy (non-hydrogen) atoms. The molecule has 0 unspecified atom stereocenters. The van der Waals surface area contributed by atoms with Gasteiger partial charge in [-0.15, -0.1) is 5.10 Å². The summed E-state index contributed by atoms with van der Waals surface area (Å²) < 4.78 is 21.3. The van der Waals surface area contributed by atoms with Crippen LogP contribution in [0.25, 0.3) is 5.69 Å². The van der Waals surface area contributed by atoms with Gasteiger partial charge in [0.2, 0.25) is 0 Å². The molecule has 0 spiro atoms. The van der Waals surface area contributed by atoms with Crippen LogP contribution in [0.5, 0.6) is 0 Å². The fraction of sp³-hybridized carbons (Fsp3) is 0.515. The molecule has 3 heterocycles. The van der Waals surface area contributed by atoms with Gasteiger partial charge in [0.25, 0.3) is 11.8 Å². The summed E-state index contributed by atoms with van der Waals surface area (Å²) in [5.41, 5.74) is 4.44. The number of nitrogens with one attached hydrogen (secondary N) is 2. The Morgan fingerprint density at radius 3 is 2.31 bits per heavy atom. The van der Waals surface area contributed by atoms with E-state index in [0.29, 0.717) is 46.7 Å². The number of ether oxygens (including phenoxy) is 1. The fourth-order valence-electron chi connectivity index (χ4n) is 6.13. The fourth-order valence-corrected chi connectivity index (χ4v) is 6.13. The van der Waals surface area contributed by atoms with Crippen molar-refractivity contribution in [1.82, 2.24) is 30.1 Å². The van der Waals surface area contributed by atoms with E-state index in [4.69, 9.17) is 4.74 Å². The standard InChI is InChI=1S/C33H45FN8O3/c1-21-16-26(17-22(2)30(21)34)32(43)36-31-25(5)28(8-9-29(31)41-18-23(3)39(6)24(4)19-41)42-20-27(37-38-42)33(44)35-10-7-11-40-12-14-45-15-13-40/h8-9,16-17,20,23-24H,7,10-15,18-19H2,1-6H3,(H,35,44)(H,36,43)/t23-,24+. The number of amides is 2. The topological polar surface area (TPSA) is 108 Å². The smallest absolute Gasteiger partial charge is 0.273 e. The number of hydrogen-bond acceptors (Lipinski definition) is 8. The summed E-state index contributed by atoms with van der Waals surface area (Å²) in [5.74, 6) is -0.920. The van der Waals surface area contributed by atoms with Crippen LogP contribution in [0.3, 0.4) is 0 Å². The highest BCUT2D eigenvalue weighted by Gasteiger charge is 2.29. The second-order valence-electron chi connectivity index (χ2n) is 12.4. The van der Waals surface area contributed by atoms with Crippen LogP contribution < -0.4 is 15.5 Å². The highest BCUT2D eigenvalue weighted by Crippen LogP contribution is 2.36. The molecule has 2 aromatic carbocycles. The van der Waals surface area contributed by atoms with E-state index >= 15 is 0 Å². The van der Waals surface area contributed by atoms with Crippen molar-refractivity contribution in [3.8, 4) is 5.69 Å². The van der Waals surface area contributed by atoms with Crippen molar-refractivity contribution in [2.75, 3.05) is 69.7 Å². The van der Waals surface area contributed by atoms with E-state index in [1.807, 2.05) is 19.1 Å². The number of halogens is 1. The molecule has 2 atom stereocenters. The largest absolute Gasteiger partial charge is 0.379 e. The van der Waals surface area contributed by atoms with Gasteiger partial charge in [-0.05, 0) is 90.0 Å². The summed E-state index contributed by atoms with van der Waals surface area (Å²) >= 11 is 0. The number of benzene rings is 2. The molecule has 2 N–H and O–H groups in total. The molecule has 0 saturated carbocycles. The number of carbonyl (C=O) groups is 2. The molecule has 2 aliphatic rings. The molecule has 0 aliphatic carbocycles. The third kappa shape index (κ3) is 7.34. The number of nitrogens with zero attached hydrogens (tertiary/aromatic N) is 6. The van der Waals surface area contributed by atoms with Gasteiger partial charge in [0, 0.05) is 55.9 Å². The number of carbonyl (C=O) groups excluding carboxylic acids is 2. The van der Waals surface area contributed by atoms with Crippen molar-refractivity contribution >= 4 is 23.2 Å². The Morgan fingerprint density at radius 1 is 1.00 bits per heavy atom. The highest BCUT2D eigenvalue weighted by atomic mass is 19.1. The van der Waals surface area contributed by atoms with Crippen LogP contribution in [-0.4, -0.2) is 108 Å². The van der Waals surface area contributed by atoms with Crippen LogP contribution in [0.2, 0.25) is 0 Å². The first-order valence-electron chi connectivity index (χ1n) is 15.7. The molecule has 0 bridgehead atoms. The van der Waals surface area contributed by atoms with Gasteiger partial charge in [0.15, 0.2) is 5.69 Å². The summed E-state index contributed by atoms with van der Waals surface area (Å²) in [4.78, 5) is 33.4. The maximum atomic E-state index is 14.3. The van der Waals surface area contributed by atoms with E-state index in [1.165, 1.54) is 0 Å². The van der Waals surface area contributed by atoms with Crippen LogP contribution in [0, 0.1) is 26.6 Å². The minimum Gasteiger partial charge on any atom is -0.379 e. The van der Waals surface area contributed by atoms with E-state index in [-0.39, 0.29) is 23.3 Å². The maximum Gasteiger partial charge on any atom is 0.273 e. The van der Waals surface area contributed by atoms with Crippen LogP contribution in [-0.2, 0) is 4.74 Å². The van der Waals surface area contributed by atoms with Crippen molar-refractivity contribution in [3.63, 3.8) is 0 Å². The Morgan fingerprint density at radius 2 is 1.64 bits per heavy atom. The van der Waals surface area contributed by atoms with Gasteiger partial charge in [0.05, 0.1) is 36.5 Å². The molecule has 2 aliphatic heterocycles. The monoisotopic (exact) mass is 620 g/mol. The van der Waals surface area contributed by atoms with Crippen molar-refractivity contribution in [1.29, 1.82) is 0 Å². The quantitative estimate of drug-likeness (QED) is 0.350. The summed E-state index contributed by atoms with van der Waals surface area (Å²) in [6.45, 7) is 16.0. The van der Waals surface area contributed by atoms with Crippen molar-refractivity contribution in [2.24, 2.45) is 0 Å². The maximum absolute atomic E-state index is 14.3. The second-order valence-corrected chi connectivity index (χ2v) is 12.4. The van der Waals surface area contributed by atoms with E-state index in [1.54, 1.807) is 36.9 Å². The summed E-state index contributed by atoms with van der Waals surface area (Å²) in [6, 6.07) is 7.69. The first-order valence-corrected chi connectivity index (χ1v) is 15.7. The van der Waals surface area contributed by atoms with Gasteiger partial charge >= 0.3 is 0 Å². The van der Waals surface area contributed by atoms with E-state index in [0.717, 1.165) is 63.6 Å². The van der Waals surface area contributed by atoms with Crippen LogP contribution in [0.1, 0.15) is 57.8 Å². The number of likely N-dealkylation sites (N-methyl/N-ethyl adjacent to an activating group) is 1. The Balaban J connectivity index is 1.38. The second kappa shape index (κ2) is 14.1. The lowest BCUT2D eigenvalue weighted by atomic mass is 10.0. The molecule has 3 aromatic rings. The van der Waals surface area contributed by atoms with E-state index in [9.17, 15) is 14.0 Å². The zero-order chi connectivity index (χ0) is 32.2. The first-order chi connectivity index (χ1) is 21.5. The number of aryl methyl sites for hydroxylation is 2. The first kappa shape index (κ1) is 32.5. The lowest BCUT2D eigenvalue weighted by Crippen LogP contribution is -2.55. The normalized spacial score (nSPS) is 19.5. The lowest BCUT2D eigenvalue weighted by Gasteiger charge is -2.44. The predicted molar refractivity (Wildman–Crippen MR) is 173 cm³/mol. The third-order valence-electron chi connectivity index (χ3n) is 9.07. The zero-order valence-corrected chi connectivity index (χ0v) is 27.2.